The van der Waals surface area contributed by atoms with Crippen LogP contribution in [0, 0.1) is 38.0 Å². The van der Waals surface area contributed by atoms with E-state index in [0.29, 0.717) is 19.4 Å². The minimum absolute atomic E-state index is 0.0145. The molecule has 7 nitrogen and oxygen atoms in total. The Labute approximate surface area is 107 Å². The Morgan fingerprint density at radius 1 is 1.00 bits per heavy atom. The summed E-state index contributed by atoms with van der Waals surface area (Å²) in [7, 11) is 0. The third kappa shape index (κ3) is 8.86. The van der Waals surface area contributed by atoms with E-state index in [-0.39, 0.29) is 40.7 Å². The fraction of sp³-hybridized carbons (Fsp3) is 1.00. The summed E-state index contributed by atoms with van der Waals surface area (Å²) in [6.45, 7) is 4.09. The van der Waals surface area contributed by atoms with Gasteiger partial charge in [0, 0.05) is 21.7 Å². The van der Waals surface area contributed by atoms with Crippen molar-refractivity contribution in [3.63, 3.8) is 0 Å². The Kier molecular flexibility index (Phi) is 8.19. The van der Waals surface area contributed by atoms with Gasteiger partial charge in [0.25, 0.3) is 0 Å². The van der Waals surface area contributed by atoms with Gasteiger partial charge in [-0.25, -0.2) is 0 Å². The predicted molar refractivity (Wildman–Crippen MR) is 68.4 cm³/mol. The second-order valence-electron chi connectivity index (χ2n) is 5.16. The van der Waals surface area contributed by atoms with Gasteiger partial charge in [-0.2, -0.15) is 0 Å². The monoisotopic (exact) mass is 261 g/mol. The molecule has 7 heteroatoms. The first-order valence-corrected chi connectivity index (χ1v) is 6.28. The SMILES string of the molecule is CC(CC(CCN)CC(C)C[N+](=O)[O-])C[N+](=O)[O-]. The molecule has 0 spiro atoms. The van der Waals surface area contributed by atoms with E-state index in [1.807, 2.05) is 13.8 Å². The van der Waals surface area contributed by atoms with Gasteiger partial charge in [-0.3, -0.25) is 20.2 Å². The van der Waals surface area contributed by atoms with E-state index < -0.39 is 0 Å². The van der Waals surface area contributed by atoms with Crippen LogP contribution in [0.4, 0.5) is 0 Å². The van der Waals surface area contributed by atoms with Crippen LogP contribution in [0.15, 0.2) is 0 Å². The van der Waals surface area contributed by atoms with Crippen LogP contribution in [0.5, 0.6) is 0 Å². The van der Waals surface area contributed by atoms with E-state index in [4.69, 9.17) is 5.73 Å². The fourth-order valence-electron chi connectivity index (χ4n) is 2.36. The van der Waals surface area contributed by atoms with Gasteiger partial charge in [-0.15, -0.1) is 0 Å². The zero-order valence-corrected chi connectivity index (χ0v) is 11.1. The lowest BCUT2D eigenvalue weighted by Gasteiger charge is -2.20. The number of nitrogens with zero attached hydrogens (tertiary/aromatic N) is 2. The molecule has 0 aromatic heterocycles. The minimum Gasteiger partial charge on any atom is -0.330 e. The van der Waals surface area contributed by atoms with Crippen LogP contribution in [0.25, 0.3) is 0 Å². The summed E-state index contributed by atoms with van der Waals surface area (Å²) in [5.74, 6) is 0.207. The molecule has 0 aromatic carbocycles. The first-order valence-electron chi connectivity index (χ1n) is 6.28. The molecule has 0 aliphatic heterocycles. The van der Waals surface area contributed by atoms with Gasteiger partial charge >= 0.3 is 0 Å². The molecular formula is C11H23N3O4. The standard InChI is InChI=1S/C11H23N3O4/c1-9(7-13(15)16)5-11(3-4-12)6-10(2)8-14(17)18/h9-11H,3-8,12H2,1-2H3. The van der Waals surface area contributed by atoms with Crippen molar-refractivity contribution in [2.75, 3.05) is 19.6 Å². The van der Waals surface area contributed by atoms with Crippen molar-refractivity contribution in [2.24, 2.45) is 23.5 Å². The Hall–Kier alpha value is -1.24. The highest BCUT2D eigenvalue weighted by atomic mass is 16.6. The van der Waals surface area contributed by atoms with E-state index in [2.05, 4.69) is 0 Å². The molecule has 0 saturated carbocycles. The second kappa shape index (κ2) is 8.79. The summed E-state index contributed by atoms with van der Waals surface area (Å²) in [5, 5.41) is 20.8. The molecule has 2 atom stereocenters. The molecule has 0 fully saturated rings. The average molecular weight is 261 g/mol. The lowest BCUT2D eigenvalue weighted by Crippen LogP contribution is -2.21. The quantitative estimate of drug-likeness (QED) is 0.473. The van der Waals surface area contributed by atoms with Crippen molar-refractivity contribution in [1.29, 1.82) is 0 Å². The number of rotatable bonds is 10. The van der Waals surface area contributed by atoms with E-state index in [9.17, 15) is 20.2 Å². The fourth-order valence-corrected chi connectivity index (χ4v) is 2.36. The molecule has 0 rings (SSSR count). The van der Waals surface area contributed by atoms with Crippen LogP contribution >= 0.6 is 0 Å². The Morgan fingerprint density at radius 2 is 1.39 bits per heavy atom. The second-order valence-corrected chi connectivity index (χ2v) is 5.16. The summed E-state index contributed by atoms with van der Waals surface area (Å²) in [5.41, 5.74) is 5.52. The van der Waals surface area contributed by atoms with Gasteiger partial charge in [0.05, 0.1) is 0 Å². The molecule has 0 radical (unpaired) electrons. The van der Waals surface area contributed by atoms with Crippen molar-refractivity contribution in [3.05, 3.63) is 20.2 Å². The van der Waals surface area contributed by atoms with Crippen LogP contribution in [0.1, 0.15) is 33.1 Å². The average Bonchev–Trinajstić information content (AvgIpc) is 2.14. The summed E-state index contributed by atoms with van der Waals surface area (Å²) in [6.07, 6.45) is 2.19. The lowest BCUT2D eigenvalue weighted by atomic mass is 9.86. The van der Waals surface area contributed by atoms with E-state index in [1.165, 1.54) is 0 Å². The molecule has 2 N–H and O–H groups in total. The molecule has 0 heterocycles. The first kappa shape index (κ1) is 16.8. The highest BCUT2D eigenvalue weighted by molar-refractivity contribution is 4.67. The molecule has 106 valence electrons. The van der Waals surface area contributed by atoms with E-state index in [1.54, 1.807) is 0 Å². The zero-order chi connectivity index (χ0) is 14.1. The molecule has 18 heavy (non-hydrogen) atoms. The lowest BCUT2D eigenvalue weighted by molar-refractivity contribution is -0.489. The highest BCUT2D eigenvalue weighted by Gasteiger charge is 2.20. The van der Waals surface area contributed by atoms with Gasteiger partial charge in [-0.05, 0) is 31.7 Å². The van der Waals surface area contributed by atoms with Gasteiger partial charge in [0.15, 0.2) is 0 Å². The Bertz CT molecular complexity index is 249. The van der Waals surface area contributed by atoms with E-state index >= 15 is 0 Å². The van der Waals surface area contributed by atoms with Crippen LogP contribution < -0.4 is 5.73 Å². The number of hydrogen-bond acceptors (Lipinski definition) is 5. The first-order chi connectivity index (χ1) is 8.35. The Balaban J connectivity index is 4.20. The predicted octanol–water partition coefficient (Wildman–Crippen LogP) is 1.56. The smallest absolute Gasteiger partial charge is 0.206 e. The maximum absolute atomic E-state index is 10.4. The largest absolute Gasteiger partial charge is 0.330 e. The summed E-state index contributed by atoms with van der Waals surface area (Å²) in [4.78, 5) is 20.2. The summed E-state index contributed by atoms with van der Waals surface area (Å²) in [6, 6.07) is 0. The molecule has 0 aliphatic rings. The third-order valence-electron chi connectivity index (χ3n) is 2.97. The molecule has 0 aromatic rings. The van der Waals surface area contributed by atoms with Crippen molar-refractivity contribution in [1.82, 2.24) is 0 Å². The third-order valence-corrected chi connectivity index (χ3v) is 2.97. The van der Waals surface area contributed by atoms with Gasteiger partial charge in [0.1, 0.15) is 0 Å². The molecular weight excluding hydrogens is 238 g/mol. The van der Waals surface area contributed by atoms with Gasteiger partial charge in [0.2, 0.25) is 13.1 Å². The van der Waals surface area contributed by atoms with Crippen LogP contribution in [-0.4, -0.2) is 29.5 Å². The molecule has 2 unspecified atom stereocenters. The van der Waals surface area contributed by atoms with Crippen molar-refractivity contribution < 1.29 is 9.85 Å². The maximum atomic E-state index is 10.4. The number of nitrogens with two attached hydrogens (primary N) is 1. The van der Waals surface area contributed by atoms with Crippen molar-refractivity contribution in [2.45, 2.75) is 33.1 Å². The van der Waals surface area contributed by atoms with E-state index in [0.717, 1.165) is 6.42 Å². The topological polar surface area (TPSA) is 112 Å². The molecule has 0 amide bonds. The highest BCUT2D eigenvalue weighted by Crippen LogP contribution is 2.23. The molecule has 0 aliphatic carbocycles. The molecule has 0 saturated heterocycles. The van der Waals surface area contributed by atoms with Crippen molar-refractivity contribution >= 4 is 0 Å². The van der Waals surface area contributed by atoms with Crippen molar-refractivity contribution in [3.8, 4) is 0 Å². The number of nitro groups is 2. The zero-order valence-electron chi connectivity index (χ0n) is 11.1. The van der Waals surface area contributed by atoms with Crippen LogP contribution in [-0.2, 0) is 0 Å². The van der Waals surface area contributed by atoms with Crippen LogP contribution in [0.3, 0.4) is 0 Å². The normalized spacial score (nSPS) is 15.9. The minimum atomic E-state index is -0.315. The Morgan fingerprint density at radius 3 is 1.67 bits per heavy atom. The summed E-state index contributed by atoms with van der Waals surface area (Å²) >= 11 is 0. The molecule has 0 bridgehead atoms. The number of hydrogen-bond donors (Lipinski definition) is 1. The van der Waals surface area contributed by atoms with Crippen LogP contribution in [0.2, 0.25) is 0 Å². The van der Waals surface area contributed by atoms with Gasteiger partial charge in [-0.1, -0.05) is 13.8 Å². The maximum Gasteiger partial charge on any atom is 0.206 e. The van der Waals surface area contributed by atoms with Gasteiger partial charge < -0.3 is 5.73 Å². The summed E-state index contributed by atoms with van der Waals surface area (Å²) < 4.78 is 0.